The lowest BCUT2D eigenvalue weighted by Gasteiger charge is -2.28. The van der Waals surface area contributed by atoms with Gasteiger partial charge in [-0.15, -0.1) is 0 Å². The van der Waals surface area contributed by atoms with Gasteiger partial charge in [-0.1, -0.05) is 151 Å². The first-order chi connectivity index (χ1) is 29.5. The van der Waals surface area contributed by atoms with E-state index in [0.717, 1.165) is 65.7 Å². The lowest BCUT2D eigenvalue weighted by atomic mass is 9.95. The molecule has 10 rings (SSSR count). The third-order valence-electron chi connectivity index (χ3n) is 9.63. The Morgan fingerprint density at radius 1 is 0.404 bits per heavy atom. The summed E-state index contributed by atoms with van der Waals surface area (Å²) in [6.45, 7) is 0. The summed E-state index contributed by atoms with van der Waals surface area (Å²) in [6.07, 6.45) is 0. The number of benzene rings is 9. The van der Waals surface area contributed by atoms with Crippen LogP contribution < -0.4 is 4.90 Å². The normalized spacial score (nSPS) is 13.9. The van der Waals surface area contributed by atoms with Crippen molar-refractivity contribution in [1.82, 2.24) is 0 Å². The fraction of sp³-hybridized carbons (Fsp3) is 0. The van der Waals surface area contributed by atoms with Crippen molar-refractivity contribution in [2.45, 2.75) is 0 Å². The zero-order chi connectivity index (χ0) is 42.3. The Morgan fingerprint density at radius 3 is 1.92 bits per heavy atom. The molecular weight excluding hydrogens is 631 g/mol. The van der Waals surface area contributed by atoms with Gasteiger partial charge in [-0.2, -0.15) is 0 Å². The van der Waals surface area contributed by atoms with E-state index in [1.54, 1.807) is 4.90 Å². The standard InChI is InChI=1S/C50H33NO/c1-2-11-34(12-3-1)35-23-28-40(29-24-35)51(47-19-8-6-16-44(47)43-18-10-14-37-13-4-5-15-42(37)43)41-30-25-36(26-31-41)39-22-21-38-27-32-49-50(46(38)33-39)45-17-7-9-20-48(45)52-49/h1-33H/i1D,2D,3D,11D,12D,23D,24D,28D,29D. The number of hydrogen-bond acceptors (Lipinski definition) is 2. The van der Waals surface area contributed by atoms with Crippen LogP contribution in [-0.4, -0.2) is 0 Å². The first kappa shape index (κ1) is 22.0. The van der Waals surface area contributed by atoms with Crippen LogP contribution in [0, 0.1) is 0 Å². The number of rotatable bonds is 6. The van der Waals surface area contributed by atoms with Gasteiger partial charge in [0.1, 0.15) is 11.2 Å². The summed E-state index contributed by atoms with van der Waals surface area (Å²) in [5.74, 6) is 0. The second kappa shape index (κ2) is 12.5. The van der Waals surface area contributed by atoms with Crippen LogP contribution in [0.1, 0.15) is 12.3 Å². The highest BCUT2D eigenvalue weighted by atomic mass is 16.3. The highest BCUT2D eigenvalue weighted by Gasteiger charge is 2.19. The van der Waals surface area contributed by atoms with Crippen LogP contribution in [-0.2, 0) is 0 Å². The second-order valence-electron chi connectivity index (χ2n) is 12.6. The maximum absolute atomic E-state index is 9.52. The minimum atomic E-state index is -0.628. The Hall–Kier alpha value is -6.90. The van der Waals surface area contributed by atoms with Gasteiger partial charge < -0.3 is 9.32 Å². The van der Waals surface area contributed by atoms with Crippen LogP contribution in [0.15, 0.2) is 204 Å². The predicted molar refractivity (Wildman–Crippen MR) is 220 cm³/mol. The first-order valence-corrected chi connectivity index (χ1v) is 17.0. The average molecular weight is 673 g/mol. The van der Waals surface area contributed by atoms with Crippen molar-refractivity contribution in [1.29, 1.82) is 0 Å². The van der Waals surface area contributed by atoms with Crippen molar-refractivity contribution in [2.24, 2.45) is 0 Å². The van der Waals surface area contributed by atoms with Crippen molar-refractivity contribution < 1.29 is 16.8 Å². The van der Waals surface area contributed by atoms with E-state index in [-0.39, 0.29) is 11.3 Å². The van der Waals surface area contributed by atoms with Gasteiger partial charge >= 0.3 is 0 Å². The molecule has 0 aliphatic carbocycles. The number of fused-ring (bicyclic) bond motifs is 6. The molecule has 244 valence electrons. The SMILES string of the molecule is [2H]c1c([2H])c([2H])c(-c2c([2H])c([2H])c(N(c3ccc(-c4ccc5ccc6oc7ccccc7c6c5c4)cc3)c3ccccc3-c3cccc4ccccc34)c([2H])c2[2H])c([2H])c1[2H]. The average Bonchev–Trinajstić information content (AvgIpc) is 3.69. The molecule has 52 heavy (non-hydrogen) atoms. The van der Waals surface area contributed by atoms with E-state index >= 15 is 0 Å². The second-order valence-corrected chi connectivity index (χ2v) is 12.6. The summed E-state index contributed by atoms with van der Waals surface area (Å²) < 4.78 is 85.7. The van der Waals surface area contributed by atoms with Crippen LogP contribution >= 0.6 is 0 Å². The molecule has 9 aromatic carbocycles. The minimum Gasteiger partial charge on any atom is -0.456 e. The quantitative estimate of drug-likeness (QED) is 0.175. The molecule has 0 saturated heterocycles. The van der Waals surface area contributed by atoms with Gasteiger partial charge in [-0.3, -0.25) is 0 Å². The smallest absolute Gasteiger partial charge is 0.136 e. The van der Waals surface area contributed by atoms with Gasteiger partial charge in [0.25, 0.3) is 0 Å². The van der Waals surface area contributed by atoms with E-state index in [0.29, 0.717) is 11.4 Å². The monoisotopic (exact) mass is 672 g/mol. The summed E-state index contributed by atoms with van der Waals surface area (Å²) in [5, 5.41) is 6.21. The molecule has 0 N–H and O–H groups in total. The Balaban J connectivity index is 1.19. The molecule has 0 aliphatic heterocycles. The number of anilines is 3. The van der Waals surface area contributed by atoms with E-state index in [9.17, 15) is 5.48 Å². The largest absolute Gasteiger partial charge is 0.456 e. The predicted octanol–water partition coefficient (Wildman–Crippen LogP) is 14.4. The van der Waals surface area contributed by atoms with Crippen LogP contribution in [0.2, 0.25) is 0 Å². The van der Waals surface area contributed by atoms with Gasteiger partial charge in [0.15, 0.2) is 0 Å². The van der Waals surface area contributed by atoms with E-state index < -0.39 is 59.9 Å². The molecule has 0 bridgehead atoms. The van der Waals surface area contributed by atoms with Crippen molar-refractivity contribution >= 4 is 60.5 Å². The van der Waals surface area contributed by atoms with E-state index in [2.05, 4.69) is 30.3 Å². The summed E-state index contributed by atoms with van der Waals surface area (Å²) in [5.41, 5.74) is 5.49. The number of nitrogens with zero attached hydrogens (tertiary/aromatic N) is 1. The van der Waals surface area contributed by atoms with Crippen LogP contribution in [0.3, 0.4) is 0 Å². The molecule has 2 heteroatoms. The van der Waals surface area contributed by atoms with E-state index in [1.807, 2.05) is 115 Å². The molecular formula is C50H33NO. The number of hydrogen-bond donors (Lipinski definition) is 0. The number of para-hydroxylation sites is 2. The highest BCUT2D eigenvalue weighted by molar-refractivity contribution is 6.19. The topological polar surface area (TPSA) is 16.4 Å². The van der Waals surface area contributed by atoms with Crippen LogP contribution in [0.5, 0.6) is 0 Å². The van der Waals surface area contributed by atoms with Gasteiger partial charge in [0.05, 0.1) is 18.0 Å². The molecule has 0 aliphatic rings. The fourth-order valence-electron chi connectivity index (χ4n) is 7.19. The van der Waals surface area contributed by atoms with Gasteiger partial charge in [-0.05, 0) is 97.8 Å². The summed E-state index contributed by atoms with van der Waals surface area (Å²) in [4.78, 5) is 1.72. The molecule has 0 unspecified atom stereocenters. The molecule has 0 saturated carbocycles. The number of furan rings is 1. The zero-order valence-electron chi connectivity index (χ0n) is 36.7. The molecule has 0 spiro atoms. The van der Waals surface area contributed by atoms with E-state index in [1.165, 1.54) is 0 Å². The molecule has 1 heterocycles. The van der Waals surface area contributed by atoms with Gasteiger partial charge in [0, 0.05) is 27.7 Å². The van der Waals surface area contributed by atoms with Crippen molar-refractivity contribution in [3.05, 3.63) is 200 Å². The maximum Gasteiger partial charge on any atom is 0.136 e. The first-order valence-electron chi connectivity index (χ1n) is 21.5. The summed E-state index contributed by atoms with van der Waals surface area (Å²) >= 11 is 0. The van der Waals surface area contributed by atoms with Crippen molar-refractivity contribution in [3.8, 4) is 33.4 Å². The molecule has 0 radical (unpaired) electrons. The molecule has 2 nitrogen and oxygen atoms in total. The minimum absolute atomic E-state index is 0.0634. The van der Waals surface area contributed by atoms with E-state index in [4.69, 9.17) is 11.3 Å². The van der Waals surface area contributed by atoms with Crippen molar-refractivity contribution in [2.75, 3.05) is 4.90 Å². The highest BCUT2D eigenvalue weighted by Crippen LogP contribution is 2.44. The Kier molecular flexibility index (Phi) is 5.28. The maximum atomic E-state index is 9.52. The Morgan fingerprint density at radius 2 is 1.06 bits per heavy atom. The summed E-state index contributed by atoms with van der Waals surface area (Å²) in [6, 6.07) is 42.7. The molecule has 0 fully saturated rings. The molecule has 10 aromatic rings. The molecule has 0 atom stereocenters. The fourth-order valence-corrected chi connectivity index (χ4v) is 7.19. The van der Waals surface area contributed by atoms with Crippen LogP contribution in [0.25, 0.3) is 76.9 Å². The van der Waals surface area contributed by atoms with Crippen LogP contribution in [0.4, 0.5) is 17.1 Å². The van der Waals surface area contributed by atoms with Gasteiger partial charge in [0.2, 0.25) is 0 Å². The lowest BCUT2D eigenvalue weighted by molar-refractivity contribution is 0.669. The van der Waals surface area contributed by atoms with Gasteiger partial charge in [-0.25, -0.2) is 0 Å². The van der Waals surface area contributed by atoms with Crippen molar-refractivity contribution in [3.63, 3.8) is 0 Å². The summed E-state index contributed by atoms with van der Waals surface area (Å²) in [7, 11) is 0. The third-order valence-corrected chi connectivity index (χ3v) is 9.63. The molecule has 0 amide bonds. The lowest BCUT2D eigenvalue weighted by Crippen LogP contribution is -2.11. The zero-order valence-corrected chi connectivity index (χ0v) is 27.7. The Labute approximate surface area is 315 Å². The molecule has 1 aromatic heterocycles. The third kappa shape index (κ3) is 5.12. The Bertz CT molecular complexity index is 3370.